The Labute approximate surface area is 121 Å². The topological polar surface area (TPSA) is 55.1 Å². The maximum absolute atomic E-state index is 12.3. The highest BCUT2D eigenvalue weighted by Crippen LogP contribution is 2.27. The number of thiocarbonyl (C=S) groups is 1. The number of rotatable bonds is 9. The van der Waals surface area contributed by atoms with Gasteiger partial charge in [0.2, 0.25) is 5.91 Å². The van der Waals surface area contributed by atoms with Crippen molar-refractivity contribution in [2.45, 2.75) is 53.0 Å². The third kappa shape index (κ3) is 4.76. The van der Waals surface area contributed by atoms with Gasteiger partial charge in [0, 0.05) is 6.04 Å². The first-order valence-corrected chi connectivity index (χ1v) is 8.19. The fourth-order valence-corrected chi connectivity index (χ4v) is 3.06. The summed E-state index contributed by atoms with van der Waals surface area (Å²) in [4.78, 5) is 12.6. The summed E-state index contributed by atoms with van der Waals surface area (Å²) in [6.07, 6.45) is 2.29. The smallest absolute Gasteiger partial charge is 0.233 e. The van der Waals surface area contributed by atoms with Crippen molar-refractivity contribution in [3.05, 3.63) is 0 Å². The standard InChI is InChI=1S/C13H26N2OS2/c1-5-13(6-2,11(14)17)12(16)15-10(4)8-9-18-7-3/h10H,5-9H2,1-4H3,(H2,14,17)(H,15,16). The third-order valence-corrected chi connectivity index (χ3v) is 4.71. The van der Waals surface area contributed by atoms with E-state index in [-0.39, 0.29) is 11.9 Å². The summed E-state index contributed by atoms with van der Waals surface area (Å²) in [5, 5.41) is 3.04. The van der Waals surface area contributed by atoms with Crippen LogP contribution < -0.4 is 11.1 Å². The molecule has 3 nitrogen and oxygen atoms in total. The highest BCUT2D eigenvalue weighted by atomic mass is 32.2. The maximum atomic E-state index is 12.3. The van der Waals surface area contributed by atoms with E-state index in [1.807, 2.05) is 32.5 Å². The van der Waals surface area contributed by atoms with Crippen LogP contribution in [0.5, 0.6) is 0 Å². The van der Waals surface area contributed by atoms with Gasteiger partial charge in [0.25, 0.3) is 0 Å². The first-order valence-electron chi connectivity index (χ1n) is 6.63. The monoisotopic (exact) mass is 290 g/mol. The van der Waals surface area contributed by atoms with Crippen LogP contribution in [0.3, 0.4) is 0 Å². The van der Waals surface area contributed by atoms with E-state index < -0.39 is 5.41 Å². The molecule has 106 valence electrons. The highest BCUT2D eigenvalue weighted by molar-refractivity contribution is 7.99. The van der Waals surface area contributed by atoms with E-state index in [0.29, 0.717) is 17.8 Å². The molecule has 0 radical (unpaired) electrons. The minimum Gasteiger partial charge on any atom is -0.392 e. The van der Waals surface area contributed by atoms with Crippen LogP contribution in [-0.4, -0.2) is 28.4 Å². The van der Waals surface area contributed by atoms with Gasteiger partial charge in [-0.1, -0.05) is 33.0 Å². The van der Waals surface area contributed by atoms with Crippen LogP contribution in [0.4, 0.5) is 0 Å². The number of hydrogen-bond acceptors (Lipinski definition) is 3. The Morgan fingerprint density at radius 1 is 1.39 bits per heavy atom. The minimum absolute atomic E-state index is 0.0194. The lowest BCUT2D eigenvalue weighted by Crippen LogP contribution is -2.50. The van der Waals surface area contributed by atoms with Gasteiger partial charge in [-0.2, -0.15) is 11.8 Å². The Morgan fingerprint density at radius 2 is 1.94 bits per heavy atom. The highest BCUT2D eigenvalue weighted by Gasteiger charge is 2.38. The quantitative estimate of drug-likeness (QED) is 0.506. The van der Waals surface area contributed by atoms with E-state index >= 15 is 0 Å². The molecule has 0 aliphatic rings. The molecule has 0 saturated carbocycles. The number of amides is 1. The Morgan fingerprint density at radius 3 is 2.33 bits per heavy atom. The van der Waals surface area contributed by atoms with E-state index in [4.69, 9.17) is 18.0 Å². The SMILES string of the molecule is CCSCCC(C)NC(=O)C(CC)(CC)C(N)=S. The number of carbonyl (C=O) groups is 1. The van der Waals surface area contributed by atoms with Crippen LogP contribution >= 0.6 is 24.0 Å². The summed E-state index contributed by atoms with van der Waals surface area (Å²) in [6.45, 7) is 8.09. The predicted molar refractivity (Wildman–Crippen MR) is 85.0 cm³/mol. The molecule has 0 heterocycles. The molecule has 0 aliphatic carbocycles. The van der Waals surface area contributed by atoms with Gasteiger partial charge in [-0.3, -0.25) is 4.79 Å². The Balaban J connectivity index is 4.48. The zero-order valence-corrected chi connectivity index (χ0v) is 13.5. The molecule has 18 heavy (non-hydrogen) atoms. The van der Waals surface area contributed by atoms with Crippen LogP contribution in [0.15, 0.2) is 0 Å². The van der Waals surface area contributed by atoms with Crippen LogP contribution in [-0.2, 0) is 4.79 Å². The second kappa shape index (κ2) is 8.75. The molecule has 1 atom stereocenters. The predicted octanol–water partition coefficient (Wildman–Crippen LogP) is 2.73. The lowest BCUT2D eigenvalue weighted by Gasteiger charge is -2.30. The van der Waals surface area contributed by atoms with Crippen molar-refractivity contribution in [2.24, 2.45) is 11.1 Å². The van der Waals surface area contributed by atoms with Gasteiger partial charge < -0.3 is 11.1 Å². The van der Waals surface area contributed by atoms with Gasteiger partial charge >= 0.3 is 0 Å². The van der Waals surface area contributed by atoms with E-state index in [2.05, 4.69) is 12.2 Å². The third-order valence-electron chi connectivity index (χ3n) is 3.39. The Kier molecular flexibility index (Phi) is 8.61. The lowest BCUT2D eigenvalue weighted by atomic mass is 9.81. The van der Waals surface area contributed by atoms with E-state index in [9.17, 15) is 4.79 Å². The van der Waals surface area contributed by atoms with E-state index in [1.165, 1.54) is 0 Å². The molecule has 0 aromatic rings. The number of carbonyl (C=O) groups excluding carboxylic acids is 1. The zero-order valence-electron chi connectivity index (χ0n) is 11.9. The normalized spacial score (nSPS) is 13.1. The molecule has 3 N–H and O–H groups in total. The molecular formula is C13H26N2OS2. The second-order valence-electron chi connectivity index (χ2n) is 4.51. The molecule has 0 aliphatic heterocycles. The molecule has 0 bridgehead atoms. The molecule has 0 aromatic carbocycles. The second-order valence-corrected chi connectivity index (χ2v) is 6.35. The van der Waals surface area contributed by atoms with E-state index in [0.717, 1.165) is 17.9 Å². The van der Waals surface area contributed by atoms with Crippen molar-refractivity contribution >= 4 is 34.9 Å². The molecule has 5 heteroatoms. The van der Waals surface area contributed by atoms with Crippen molar-refractivity contribution < 1.29 is 4.79 Å². The number of hydrogen-bond donors (Lipinski definition) is 2. The fourth-order valence-electron chi connectivity index (χ4n) is 1.87. The Bertz CT molecular complexity index is 278. The molecule has 0 saturated heterocycles. The summed E-state index contributed by atoms with van der Waals surface area (Å²) >= 11 is 6.96. The van der Waals surface area contributed by atoms with Crippen molar-refractivity contribution in [3.63, 3.8) is 0 Å². The average Bonchev–Trinajstić information content (AvgIpc) is 2.31. The average molecular weight is 290 g/mol. The fraction of sp³-hybridized carbons (Fsp3) is 0.846. The first kappa shape index (κ1) is 17.7. The van der Waals surface area contributed by atoms with Gasteiger partial charge in [-0.25, -0.2) is 0 Å². The summed E-state index contributed by atoms with van der Waals surface area (Å²) in [5.74, 6) is 2.16. The van der Waals surface area contributed by atoms with Crippen molar-refractivity contribution in [2.75, 3.05) is 11.5 Å². The van der Waals surface area contributed by atoms with Crippen LogP contribution in [0.2, 0.25) is 0 Å². The van der Waals surface area contributed by atoms with Gasteiger partial charge in [0.05, 0.1) is 10.4 Å². The molecule has 1 amide bonds. The molecule has 0 spiro atoms. The molecule has 0 fully saturated rings. The maximum Gasteiger partial charge on any atom is 0.233 e. The largest absolute Gasteiger partial charge is 0.392 e. The first-order chi connectivity index (χ1) is 8.44. The van der Waals surface area contributed by atoms with Crippen molar-refractivity contribution in [3.8, 4) is 0 Å². The molecule has 0 aromatic heterocycles. The van der Waals surface area contributed by atoms with Crippen LogP contribution in [0.1, 0.15) is 47.0 Å². The Hall–Kier alpha value is -0.290. The van der Waals surface area contributed by atoms with Crippen molar-refractivity contribution in [1.29, 1.82) is 0 Å². The summed E-state index contributed by atoms with van der Waals surface area (Å²) in [7, 11) is 0. The molecule has 0 rings (SSSR count). The lowest BCUT2D eigenvalue weighted by molar-refractivity contribution is -0.128. The summed E-state index contributed by atoms with van der Waals surface area (Å²) < 4.78 is 0. The molecule has 1 unspecified atom stereocenters. The minimum atomic E-state index is -0.679. The van der Waals surface area contributed by atoms with Crippen LogP contribution in [0.25, 0.3) is 0 Å². The van der Waals surface area contributed by atoms with Gasteiger partial charge in [0.1, 0.15) is 0 Å². The number of nitrogens with one attached hydrogen (secondary N) is 1. The summed E-state index contributed by atoms with van der Waals surface area (Å²) in [5.41, 5.74) is 5.08. The van der Waals surface area contributed by atoms with E-state index in [1.54, 1.807) is 0 Å². The van der Waals surface area contributed by atoms with Crippen LogP contribution in [0, 0.1) is 5.41 Å². The number of thioether (sulfide) groups is 1. The van der Waals surface area contributed by atoms with Gasteiger partial charge in [-0.05, 0) is 37.7 Å². The zero-order chi connectivity index (χ0) is 14.2. The number of nitrogens with two attached hydrogens (primary N) is 1. The molecular weight excluding hydrogens is 264 g/mol. The van der Waals surface area contributed by atoms with Gasteiger partial charge in [-0.15, -0.1) is 0 Å². The van der Waals surface area contributed by atoms with Crippen molar-refractivity contribution in [1.82, 2.24) is 5.32 Å². The van der Waals surface area contributed by atoms with Gasteiger partial charge in [0.15, 0.2) is 0 Å². The summed E-state index contributed by atoms with van der Waals surface area (Å²) in [6, 6.07) is 0.170.